The Kier molecular flexibility index (Phi) is 9.59. The quantitative estimate of drug-likeness (QED) is 0.275. The standard InChI is InChI=1S/C29H35ClN2O5S2/c1-5-20(2)17-31(39(34,35)24-9-6-22(36-4)7-10-24)18-29(33)32-14-12-28-25(13-15-38-28)27(32)19-37-23-8-11-26(30)21(3)16-23/h6-11,13,15-16,20,27H,5,12,14,17-19H2,1-4H3/t20-,27+/m0/s1. The van der Waals surface area contributed by atoms with Gasteiger partial charge in [-0.3, -0.25) is 4.79 Å². The first-order valence-electron chi connectivity index (χ1n) is 13.0. The fraction of sp³-hybridized carbons (Fsp3) is 0.414. The second kappa shape index (κ2) is 12.7. The smallest absolute Gasteiger partial charge is 0.243 e. The zero-order valence-electron chi connectivity index (χ0n) is 22.7. The highest BCUT2D eigenvalue weighted by molar-refractivity contribution is 7.89. The van der Waals surface area contributed by atoms with E-state index in [0.717, 1.165) is 24.0 Å². The minimum absolute atomic E-state index is 0.0860. The Hall–Kier alpha value is -2.59. The van der Waals surface area contributed by atoms with Crippen molar-refractivity contribution in [3.63, 3.8) is 0 Å². The van der Waals surface area contributed by atoms with Gasteiger partial charge in [-0.15, -0.1) is 11.3 Å². The molecule has 0 saturated heterocycles. The predicted octanol–water partition coefficient (Wildman–Crippen LogP) is 5.96. The lowest BCUT2D eigenvalue weighted by Gasteiger charge is -2.37. The van der Waals surface area contributed by atoms with Crippen LogP contribution in [0.1, 0.15) is 42.3 Å². The topological polar surface area (TPSA) is 76.2 Å². The Bertz CT molecular complexity index is 1390. The van der Waals surface area contributed by atoms with Crippen LogP contribution in [0.3, 0.4) is 0 Å². The van der Waals surface area contributed by atoms with Crippen molar-refractivity contribution in [3.8, 4) is 11.5 Å². The highest BCUT2D eigenvalue weighted by atomic mass is 35.5. The van der Waals surface area contributed by atoms with E-state index in [1.165, 1.54) is 28.4 Å². The normalized spacial score (nSPS) is 16.2. The largest absolute Gasteiger partial charge is 0.497 e. The average Bonchev–Trinajstić information content (AvgIpc) is 3.42. The Balaban J connectivity index is 1.58. The number of carbonyl (C=O) groups is 1. The van der Waals surface area contributed by atoms with E-state index in [1.54, 1.807) is 34.4 Å². The number of benzene rings is 2. The fourth-order valence-electron chi connectivity index (χ4n) is 4.62. The lowest BCUT2D eigenvalue weighted by atomic mass is 10.0. The molecule has 0 fully saturated rings. The van der Waals surface area contributed by atoms with Crippen LogP contribution in [0.2, 0.25) is 5.02 Å². The van der Waals surface area contributed by atoms with E-state index >= 15 is 0 Å². The number of carbonyl (C=O) groups excluding carboxylic acids is 1. The Morgan fingerprint density at radius 1 is 1.18 bits per heavy atom. The highest BCUT2D eigenvalue weighted by Gasteiger charge is 2.35. The van der Waals surface area contributed by atoms with E-state index in [1.807, 2.05) is 44.4 Å². The summed E-state index contributed by atoms with van der Waals surface area (Å²) in [6, 6.07) is 13.5. The number of thiophene rings is 1. The van der Waals surface area contributed by atoms with Crippen molar-refractivity contribution in [1.29, 1.82) is 0 Å². The van der Waals surface area contributed by atoms with E-state index in [0.29, 0.717) is 23.1 Å². The summed E-state index contributed by atoms with van der Waals surface area (Å²) in [4.78, 5) is 17.0. The molecule has 3 aromatic rings. The molecule has 0 spiro atoms. The maximum absolute atomic E-state index is 13.8. The number of hydrogen-bond donors (Lipinski definition) is 0. The Labute approximate surface area is 240 Å². The van der Waals surface area contributed by atoms with Gasteiger partial charge in [0.2, 0.25) is 15.9 Å². The fourth-order valence-corrected chi connectivity index (χ4v) is 7.17. The van der Waals surface area contributed by atoms with Crippen molar-refractivity contribution in [2.45, 2.75) is 44.6 Å². The molecule has 7 nitrogen and oxygen atoms in total. The van der Waals surface area contributed by atoms with Crippen molar-refractivity contribution in [2.24, 2.45) is 5.92 Å². The van der Waals surface area contributed by atoms with Crippen LogP contribution in [0.25, 0.3) is 0 Å². The molecule has 1 aromatic heterocycles. The summed E-state index contributed by atoms with van der Waals surface area (Å²) < 4.78 is 40.0. The van der Waals surface area contributed by atoms with E-state index in [4.69, 9.17) is 21.1 Å². The van der Waals surface area contributed by atoms with E-state index in [2.05, 4.69) is 0 Å². The summed E-state index contributed by atoms with van der Waals surface area (Å²) in [6.07, 6.45) is 1.52. The second-order valence-electron chi connectivity index (χ2n) is 9.86. The summed E-state index contributed by atoms with van der Waals surface area (Å²) >= 11 is 7.84. The average molecular weight is 591 g/mol. The van der Waals surface area contributed by atoms with Crippen molar-refractivity contribution < 1.29 is 22.7 Å². The Morgan fingerprint density at radius 3 is 2.56 bits per heavy atom. The van der Waals surface area contributed by atoms with Crippen LogP contribution in [0.15, 0.2) is 58.8 Å². The van der Waals surface area contributed by atoms with Crippen LogP contribution in [-0.4, -0.2) is 56.9 Å². The maximum Gasteiger partial charge on any atom is 0.243 e. The number of amides is 1. The van der Waals surface area contributed by atoms with Crippen LogP contribution in [0.5, 0.6) is 11.5 Å². The molecule has 0 unspecified atom stereocenters. The number of rotatable bonds is 11. The first kappa shape index (κ1) is 29.4. The van der Waals surface area contributed by atoms with Gasteiger partial charge < -0.3 is 14.4 Å². The number of fused-ring (bicyclic) bond motifs is 1. The summed E-state index contributed by atoms with van der Waals surface area (Å²) in [5.74, 6) is 1.08. The van der Waals surface area contributed by atoms with Crippen molar-refractivity contribution in [2.75, 3.05) is 33.4 Å². The predicted molar refractivity (Wildman–Crippen MR) is 155 cm³/mol. The molecule has 10 heteroatoms. The van der Waals surface area contributed by atoms with Crippen LogP contribution < -0.4 is 9.47 Å². The molecule has 0 N–H and O–H groups in total. The van der Waals surface area contributed by atoms with E-state index in [9.17, 15) is 13.2 Å². The van der Waals surface area contributed by atoms with Gasteiger partial charge >= 0.3 is 0 Å². The summed E-state index contributed by atoms with van der Waals surface area (Å²) in [5.41, 5.74) is 1.96. The van der Waals surface area contributed by atoms with Crippen molar-refractivity contribution in [3.05, 3.63) is 74.9 Å². The van der Waals surface area contributed by atoms with Gasteiger partial charge in [-0.1, -0.05) is 31.9 Å². The summed E-state index contributed by atoms with van der Waals surface area (Å²) in [7, 11) is -2.38. The van der Waals surface area contributed by atoms with Gasteiger partial charge in [-0.2, -0.15) is 4.31 Å². The second-order valence-corrected chi connectivity index (χ2v) is 13.2. The van der Waals surface area contributed by atoms with Crippen LogP contribution in [0.4, 0.5) is 0 Å². The molecule has 210 valence electrons. The van der Waals surface area contributed by atoms with Crippen LogP contribution >= 0.6 is 22.9 Å². The number of ether oxygens (including phenoxy) is 2. The van der Waals surface area contributed by atoms with Gasteiger partial charge in [0, 0.05) is 23.0 Å². The number of sulfonamides is 1. The van der Waals surface area contributed by atoms with Gasteiger partial charge in [0.25, 0.3) is 0 Å². The monoisotopic (exact) mass is 590 g/mol. The molecular weight excluding hydrogens is 556 g/mol. The molecule has 4 rings (SSSR count). The first-order valence-corrected chi connectivity index (χ1v) is 15.7. The molecular formula is C29H35ClN2O5S2. The van der Waals surface area contributed by atoms with Crippen LogP contribution in [-0.2, 0) is 21.2 Å². The molecule has 2 heterocycles. The van der Waals surface area contributed by atoms with Gasteiger partial charge in [-0.05, 0) is 84.3 Å². The van der Waals surface area contributed by atoms with Crippen molar-refractivity contribution >= 4 is 38.9 Å². The van der Waals surface area contributed by atoms with Gasteiger partial charge in [0.15, 0.2) is 0 Å². The maximum atomic E-state index is 13.8. The molecule has 0 radical (unpaired) electrons. The van der Waals surface area contributed by atoms with Gasteiger partial charge in [-0.25, -0.2) is 8.42 Å². The molecule has 0 bridgehead atoms. The SMILES string of the molecule is CC[C@H](C)CN(CC(=O)N1CCc2sccc2[C@H]1COc1ccc(Cl)c(C)c1)S(=O)(=O)c1ccc(OC)cc1. The minimum atomic E-state index is -3.91. The lowest BCUT2D eigenvalue weighted by molar-refractivity contribution is -0.135. The lowest BCUT2D eigenvalue weighted by Crippen LogP contribution is -2.48. The molecule has 0 saturated carbocycles. The van der Waals surface area contributed by atoms with E-state index in [-0.39, 0.29) is 42.5 Å². The van der Waals surface area contributed by atoms with Crippen LogP contribution in [0, 0.1) is 12.8 Å². The Morgan fingerprint density at radius 2 is 1.90 bits per heavy atom. The number of halogens is 1. The van der Waals surface area contributed by atoms with E-state index < -0.39 is 10.0 Å². The third-order valence-electron chi connectivity index (χ3n) is 7.17. The van der Waals surface area contributed by atoms with Crippen molar-refractivity contribution in [1.82, 2.24) is 9.21 Å². The molecule has 1 amide bonds. The molecule has 1 aliphatic heterocycles. The zero-order chi connectivity index (χ0) is 28.2. The number of methoxy groups -OCH3 is 1. The third-order valence-corrected chi connectivity index (χ3v) is 10.4. The molecule has 0 aliphatic carbocycles. The summed E-state index contributed by atoms with van der Waals surface area (Å²) in [6.45, 7) is 6.68. The zero-order valence-corrected chi connectivity index (χ0v) is 25.1. The number of aryl methyl sites for hydroxylation is 1. The molecule has 39 heavy (non-hydrogen) atoms. The van der Waals surface area contributed by atoms with Gasteiger partial charge in [0.05, 0.1) is 24.6 Å². The van der Waals surface area contributed by atoms with Gasteiger partial charge in [0.1, 0.15) is 18.1 Å². The molecule has 1 aliphatic rings. The number of hydrogen-bond acceptors (Lipinski definition) is 6. The molecule has 2 atom stereocenters. The third kappa shape index (κ3) is 6.77. The summed E-state index contributed by atoms with van der Waals surface area (Å²) in [5, 5.41) is 2.69. The first-order chi connectivity index (χ1) is 18.6. The number of nitrogens with zero attached hydrogens (tertiary/aromatic N) is 2. The minimum Gasteiger partial charge on any atom is -0.497 e. The molecule has 2 aromatic carbocycles. The highest BCUT2D eigenvalue weighted by Crippen LogP contribution is 2.35.